The Kier molecular flexibility index (Phi) is 11.1. The quantitative estimate of drug-likeness (QED) is 0.114. The van der Waals surface area contributed by atoms with Gasteiger partial charge in [-0.3, -0.25) is 24.7 Å². The summed E-state index contributed by atoms with van der Waals surface area (Å²) < 4.78 is 23.5. The van der Waals surface area contributed by atoms with Gasteiger partial charge in [-0.1, -0.05) is 109 Å². The number of hydrogen-bond donors (Lipinski definition) is 3. The fraction of sp³-hybridized carbons (Fsp3) is 0.233. The second-order valence-electron chi connectivity index (χ2n) is 14.0. The summed E-state index contributed by atoms with van der Waals surface area (Å²) in [4.78, 5) is 78.5. The molecule has 0 spiro atoms. The minimum atomic E-state index is -0.896. The lowest BCUT2D eigenvalue weighted by Gasteiger charge is -2.31. The molecule has 1 aliphatic carbocycles. The number of aromatic amines is 1. The first-order chi connectivity index (χ1) is 28.8. The fourth-order valence-electron chi connectivity index (χ4n) is 7.56. The Morgan fingerprint density at radius 2 is 1.49 bits per heavy atom. The average molecular weight is 798 g/mol. The number of benzene rings is 4. The molecule has 16 heteroatoms. The summed E-state index contributed by atoms with van der Waals surface area (Å²) in [6, 6.07) is 32.8. The van der Waals surface area contributed by atoms with E-state index in [2.05, 4.69) is 25.6 Å². The van der Waals surface area contributed by atoms with Gasteiger partial charge in [0.1, 0.15) is 19.7 Å². The van der Waals surface area contributed by atoms with Gasteiger partial charge in [0.25, 0.3) is 5.56 Å². The van der Waals surface area contributed by atoms with E-state index in [1.165, 1.54) is 22.9 Å². The highest BCUT2D eigenvalue weighted by atomic mass is 16.6. The Bertz CT molecular complexity index is 2480. The zero-order valence-electron chi connectivity index (χ0n) is 31.8. The van der Waals surface area contributed by atoms with Crippen LogP contribution in [0.2, 0.25) is 0 Å². The highest BCUT2D eigenvalue weighted by Gasteiger charge is 2.39. The number of nitrogens with zero attached hydrogens (tertiary/aromatic N) is 4. The van der Waals surface area contributed by atoms with E-state index in [1.807, 2.05) is 109 Å². The molecule has 2 aliphatic rings. The van der Waals surface area contributed by atoms with E-state index in [1.54, 1.807) is 0 Å². The minimum absolute atomic E-state index is 0.00277. The van der Waals surface area contributed by atoms with Crippen molar-refractivity contribution in [2.24, 2.45) is 0 Å². The Balaban J connectivity index is 0.959. The molecular weight excluding hydrogens is 759 g/mol. The molecule has 3 N–H and O–H groups in total. The van der Waals surface area contributed by atoms with Crippen LogP contribution in [0.15, 0.2) is 120 Å². The minimum Gasteiger partial charge on any atom is -0.468 e. The molecule has 0 radical (unpaired) electrons. The van der Waals surface area contributed by atoms with Crippen LogP contribution in [0, 0.1) is 0 Å². The lowest BCUT2D eigenvalue weighted by Crippen LogP contribution is -2.55. The molecule has 0 saturated carbocycles. The summed E-state index contributed by atoms with van der Waals surface area (Å²) in [5.74, 6) is -1.70. The second-order valence-corrected chi connectivity index (χ2v) is 14.0. The van der Waals surface area contributed by atoms with Crippen LogP contribution in [0.5, 0.6) is 0 Å². The molecule has 8 rings (SSSR count). The number of aromatic nitrogens is 4. The number of rotatable bonds is 12. The average Bonchev–Trinajstić information content (AvgIpc) is 3.97. The third kappa shape index (κ3) is 8.24. The SMILES string of the molecule is COC(=O)CN(C(=O)Cn1cnc2c(=O)[nH]c(NC(=O)OC(c3ccccc3)c3ccccc3)nc21)[C@@H]1COC[C@H]1NC(=O)OCC1c2ccccc2-c2ccccc21. The monoisotopic (exact) mass is 797 g/mol. The van der Waals surface area contributed by atoms with E-state index in [-0.39, 0.29) is 42.9 Å². The highest BCUT2D eigenvalue weighted by molar-refractivity contribution is 5.86. The molecule has 2 aromatic heterocycles. The molecule has 59 heavy (non-hydrogen) atoms. The van der Waals surface area contributed by atoms with Gasteiger partial charge in [0, 0.05) is 5.92 Å². The molecule has 3 amide bonds. The van der Waals surface area contributed by atoms with E-state index in [9.17, 15) is 24.0 Å². The molecule has 1 fully saturated rings. The van der Waals surface area contributed by atoms with Crippen molar-refractivity contribution in [3.05, 3.63) is 148 Å². The summed E-state index contributed by atoms with van der Waals surface area (Å²) in [5, 5.41) is 5.31. The number of esters is 1. The van der Waals surface area contributed by atoms with Gasteiger partial charge in [0.2, 0.25) is 11.9 Å². The third-order valence-electron chi connectivity index (χ3n) is 10.4. The predicted molar refractivity (Wildman–Crippen MR) is 213 cm³/mol. The lowest BCUT2D eigenvalue weighted by molar-refractivity contribution is -0.149. The molecule has 1 aliphatic heterocycles. The van der Waals surface area contributed by atoms with E-state index in [4.69, 9.17) is 18.9 Å². The molecule has 6 aromatic rings. The Morgan fingerprint density at radius 3 is 2.14 bits per heavy atom. The molecule has 16 nitrogen and oxygen atoms in total. The zero-order valence-corrected chi connectivity index (χ0v) is 31.8. The first-order valence-electron chi connectivity index (χ1n) is 18.9. The topological polar surface area (TPSA) is 196 Å². The van der Waals surface area contributed by atoms with Crippen molar-refractivity contribution in [3.8, 4) is 11.1 Å². The number of carbonyl (C=O) groups is 4. The van der Waals surface area contributed by atoms with Crippen molar-refractivity contribution in [1.29, 1.82) is 0 Å². The smallest absolute Gasteiger partial charge is 0.414 e. The number of imidazole rings is 1. The summed E-state index contributed by atoms with van der Waals surface area (Å²) in [6.45, 7) is -0.756. The second kappa shape index (κ2) is 17.0. The molecular formula is C43H39N7O9. The maximum atomic E-state index is 14.1. The van der Waals surface area contributed by atoms with Crippen molar-refractivity contribution < 1.29 is 38.1 Å². The molecule has 4 aromatic carbocycles. The van der Waals surface area contributed by atoms with E-state index in [0.29, 0.717) is 0 Å². The number of methoxy groups -OCH3 is 1. The molecule has 1 saturated heterocycles. The zero-order chi connectivity index (χ0) is 40.9. The fourth-order valence-corrected chi connectivity index (χ4v) is 7.56. The Morgan fingerprint density at radius 1 is 0.864 bits per heavy atom. The van der Waals surface area contributed by atoms with Crippen LogP contribution in [-0.2, 0) is 35.1 Å². The number of ether oxygens (including phenoxy) is 4. The highest BCUT2D eigenvalue weighted by Crippen LogP contribution is 2.44. The van der Waals surface area contributed by atoms with Gasteiger partial charge < -0.3 is 33.7 Å². The van der Waals surface area contributed by atoms with Crippen LogP contribution in [0.1, 0.15) is 34.3 Å². The number of hydrogen-bond acceptors (Lipinski definition) is 11. The van der Waals surface area contributed by atoms with Crippen LogP contribution in [-0.4, -0.2) is 94.0 Å². The van der Waals surface area contributed by atoms with E-state index >= 15 is 0 Å². The van der Waals surface area contributed by atoms with Crippen molar-refractivity contribution in [2.75, 3.05) is 38.8 Å². The number of amides is 3. The summed E-state index contributed by atoms with van der Waals surface area (Å²) in [6.07, 6.45) is -1.12. The number of alkyl carbamates (subject to hydrolysis) is 1. The molecule has 2 atom stereocenters. The van der Waals surface area contributed by atoms with Crippen LogP contribution in [0.25, 0.3) is 22.3 Å². The largest absolute Gasteiger partial charge is 0.468 e. The number of H-pyrrole nitrogens is 1. The number of nitrogens with one attached hydrogen (secondary N) is 3. The lowest BCUT2D eigenvalue weighted by atomic mass is 9.98. The summed E-state index contributed by atoms with van der Waals surface area (Å²) in [7, 11) is 1.20. The van der Waals surface area contributed by atoms with Gasteiger partial charge in [0.15, 0.2) is 17.3 Å². The van der Waals surface area contributed by atoms with Gasteiger partial charge in [-0.2, -0.15) is 4.98 Å². The van der Waals surface area contributed by atoms with Crippen molar-refractivity contribution in [3.63, 3.8) is 0 Å². The van der Waals surface area contributed by atoms with Crippen LogP contribution >= 0.6 is 0 Å². The third-order valence-corrected chi connectivity index (χ3v) is 10.4. The normalized spacial score (nSPS) is 15.6. The Hall–Kier alpha value is -7.33. The molecule has 3 heterocycles. The van der Waals surface area contributed by atoms with E-state index in [0.717, 1.165) is 33.4 Å². The van der Waals surface area contributed by atoms with Crippen LogP contribution in [0.4, 0.5) is 15.5 Å². The molecule has 0 bridgehead atoms. The van der Waals surface area contributed by atoms with E-state index < -0.39 is 60.9 Å². The summed E-state index contributed by atoms with van der Waals surface area (Å²) in [5.41, 5.74) is 4.96. The molecule has 300 valence electrons. The van der Waals surface area contributed by atoms with Crippen molar-refractivity contribution in [1.82, 2.24) is 29.7 Å². The van der Waals surface area contributed by atoms with Crippen LogP contribution < -0.4 is 16.2 Å². The van der Waals surface area contributed by atoms with Gasteiger partial charge in [-0.25, -0.2) is 14.6 Å². The Labute approximate surface area is 337 Å². The number of carbonyl (C=O) groups excluding carboxylic acids is 4. The van der Waals surface area contributed by atoms with Gasteiger partial charge in [-0.15, -0.1) is 0 Å². The first kappa shape index (κ1) is 38.5. The maximum absolute atomic E-state index is 14.1. The summed E-state index contributed by atoms with van der Waals surface area (Å²) >= 11 is 0. The molecule has 0 unspecified atom stereocenters. The van der Waals surface area contributed by atoms with Gasteiger partial charge >= 0.3 is 18.2 Å². The van der Waals surface area contributed by atoms with Crippen LogP contribution in [0.3, 0.4) is 0 Å². The number of fused-ring (bicyclic) bond motifs is 4. The van der Waals surface area contributed by atoms with Gasteiger partial charge in [0.05, 0.1) is 38.7 Å². The van der Waals surface area contributed by atoms with Gasteiger partial charge in [-0.05, 0) is 33.4 Å². The standard InChI is InChI=1S/C43H39N7O9/c1-56-36(52)21-50(34-24-57-23-33(34)45-42(54)58-22-32-30-18-10-8-16-28(30)29-17-9-11-19-31(29)32)35(51)20-49-25-44-37-39(49)46-41(47-40(37)53)48-43(55)59-38(26-12-4-2-5-13-26)27-14-6-3-7-15-27/h2-19,25,32-34,38H,20-24H2,1H3,(H,45,54)(H2,46,47,48,53,55)/t33-,34-/m1/s1. The van der Waals surface area contributed by atoms with Crippen molar-refractivity contribution in [2.45, 2.75) is 30.7 Å². The van der Waals surface area contributed by atoms with Crippen molar-refractivity contribution >= 4 is 41.2 Å². The maximum Gasteiger partial charge on any atom is 0.414 e. The predicted octanol–water partition coefficient (Wildman–Crippen LogP) is 4.77. The number of anilines is 1. The first-order valence-corrected chi connectivity index (χ1v) is 18.9.